The van der Waals surface area contributed by atoms with Gasteiger partial charge in [-0.2, -0.15) is 0 Å². The van der Waals surface area contributed by atoms with Crippen LogP contribution < -0.4 is 5.73 Å². The predicted octanol–water partition coefficient (Wildman–Crippen LogP) is 4.03. The lowest BCUT2D eigenvalue weighted by Gasteiger charge is -2.52. The minimum atomic E-state index is -0.247. The maximum absolute atomic E-state index is 11.2. The maximum atomic E-state index is 11.2. The highest BCUT2D eigenvalue weighted by molar-refractivity contribution is 5.16. The molecule has 2 heteroatoms. The lowest BCUT2D eigenvalue weighted by molar-refractivity contribution is -0.0741. The van der Waals surface area contributed by atoms with E-state index in [0.29, 0.717) is 17.8 Å². The summed E-state index contributed by atoms with van der Waals surface area (Å²) in [6.07, 6.45) is 17.4. The van der Waals surface area contributed by atoms with E-state index in [9.17, 15) is 5.11 Å². The Hall–Kier alpha value is -0.340. The van der Waals surface area contributed by atoms with Gasteiger partial charge in [-0.05, 0) is 37.5 Å². The number of nitrogens with two attached hydrogens (primary N) is 1. The molecule has 0 aliphatic heterocycles. The van der Waals surface area contributed by atoms with Gasteiger partial charge in [0.05, 0.1) is 6.10 Å². The molecule has 4 unspecified atom stereocenters. The third-order valence-corrected chi connectivity index (χ3v) is 6.94. The van der Waals surface area contributed by atoms with Crippen LogP contribution in [0.2, 0.25) is 0 Å². The van der Waals surface area contributed by atoms with Gasteiger partial charge in [0.2, 0.25) is 0 Å². The number of aliphatic hydroxyl groups is 1. The van der Waals surface area contributed by atoms with E-state index in [1.165, 1.54) is 64.2 Å². The SMILES string of the molecule is CC1(C2CCCCC2)C(N)C=CC(C2CCCCC2)C1O. The Bertz CT molecular complexity index is 368. The van der Waals surface area contributed by atoms with E-state index in [1.54, 1.807) is 0 Å². The molecule has 3 aliphatic rings. The molecule has 4 atom stereocenters. The van der Waals surface area contributed by atoms with E-state index < -0.39 is 0 Å². The number of aliphatic hydroxyl groups excluding tert-OH is 1. The van der Waals surface area contributed by atoms with Crippen molar-refractivity contribution in [3.8, 4) is 0 Å². The molecular formula is C19H33NO. The van der Waals surface area contributed by atoms with Crippen LogP contribution in [-0.4, -0.2) is 17.3 Å². The van der Waals surface area contributed by atoms with Crippen molar-refractivity contribution in [1.82, 2.24) is 0 Å². The van der Waals surface area contributed by atoms with Crippen LogP contribution in [0, 0.1) is 23.2 Å². The Morgan fingerprint density at radius 1 is 0.905 bits per heavy atom. The number of hydrogen-bond acceptors (Lipinski definition) is 2. The molecule has 0 aromatic rings. The van der Waals surface area contributed by atoms with E-state index >= 15 is 0 Å². The van der Waals surface area contributed by atoms with Crippen molar-refractivity contribution in [3.05, 3.63) is 12.2 Å². The molecule has 0 amide bonds. The standard InChI is InChI=1S/C19H33NO/c1-19(15-10-6-3-7-11-15)17(20)13-12-16(18(19)21)14-8-4-2-5-9-14/h12-18,21H,2-11,20H2,1H3. The summed E-state index contributed by atoms with van der Waals surface area (Å²) in [6.45, 7) is 2.28. The fraction of sp³-hybridized carbons (Fsp3) is 0.895. The van der Waals surface area contributed by atoms with Gasteiger partial charge in [0, 0.05) is 17.4 Å². The van der Waals surface area contributed by atoms with E-state index in [4.69, 9.17) is 5.73 Å². The van der Waals surface area contributed by atoms with Crippen molar-refractivity contribution in [3.63, 3.8) is 0 Å². The van der Waals surface area contributed by atoms with Gasteiger partial charge in [-0.1, -0.05) is 57.6 Å². The second-order valence-electron chi connectivity index (χ2n) is 8.03. The zero-order valence-corrected chi connectivity index (χ0v) is 13.6. The average Bonchev–Trinajstić information content (AvgIpc) is 2.54. The lowest BCUT2D eigenvalue weighted by Crippen LogP contribution is -2.57. The second kappa shape index (κ2) is 6.42. The quantitative estimate of drug-likeness (QED) is 0.755. The van der Waals surface area contributed by atoms with Crippen molar-refractivity contribution in [2.24, 2.45) is 28.9 Å². The summed E-state index contributed by atoms with van der Waals surface area (Å²) in [5, 5.41) is 11.2. The molecule has 0 bridgehead atoms. The van der Waals surface area contributed by atoms with Gasteiger partial charge in [-0.25, -0.2) is 0 Å². The third-order valence-electron chi connectivity index (χ3n) is 6.94. The highest BCUT2D eigenvalue weighted by atomic mass is 16.3. The van der Waals surface area contributed by atoms with E-state index in [-0.39, 0.29) is 17.6 Å². The molecule has 0 saturated heterocycles. The van der Waals surface area contributed by atoms with Crippen LogP contribution in [0.15, 0.2) is 12.2 Å². The van der Waals surface area contributed by atoms with E-state index in [0.717, 1.165) is 0 Å². The molecule has 0 spiro atoms. The van der Waals surface area contributed by atoms with Crippen LogP contribution in [-0.2, 0) is 0 Å². The summed E-state index contributed by atoms with van der Waals surface area (Å²) < 4.78 is 0. The maximum Gasteiger partial charge on any atom is 0.0679 e. The van der Waals surface area contributed by atoms with Crippen molar-refractivity contribution < 1.29 is 5.11 Å². The number of hydrogen-bond donors (Lipinski definition) is 2. The van der Waals surface area contributed by atoms with Gasteiger partial charge in [-0.3, -0.25) is 0 Å². The first-order chi connectivity index (χ1) is 10.1. The summed E-state index contributed by atoms with van der Waals surface area (Å²) in [4.78, 5) is 0. The lowest BCUT2D eigenvalue weighted by atomic mass is 9.56. The Morgan fingerprint density at radius 3 is 2.10 bits per heavy atom. The highest BCUT2D eigenvalue weighted by Gasteiger charge is 2.50. The molecule has 3 aliphatic carbocycles. The van der Waals surface area contributed by atoms with Crippen LogP contribution in [0.3, 0.4) is 0 Å². The van der Waals surface area contributed by atoms with Crippen LogP contribution in [0.5, 0.6) is 0 Å². The average molecular weight is 291 g/mol. The summed E-state index contributed by atoms with van der Waals surface area (Å²) in [5.74, 6) is 1.63. The van der Waals surface area contributed by atoms with Crippen molar-refractivity contribution in [2.75, 3.05) is 0 Å². The highest BCUT2D eigenvalue weighted by Crippen LogP contribution is 2.50. The zero-order chi connectivity index (χ0) is 14.9. The van der Waals surface area contributed by atoms with Gasteiger partial charge in [-0.15, -0.1) is 0 Å². The zero-order valence-electron chi connectivity index (χ0n) is 13.6. The normalized spacial score (nSPS) is 43.1. The van der Waals surface area contributed by atoms with E-state index in [2.05, 4.69) is 19.1 Å². The van der Waals surface area contributed by atoms with Crippen molar-refractivity contribution in [1.29, 1.82) is 0 Å². The first-order valence-corrected chi connectivity index (χ1v) is 9.26. The molecule has 0 radical (unpaired) electrons. The molecule has 2 saturated carbocycles. The first kappa shape index (κ1) is 15.6. The predicted molar refractivity (Wildman–Crippen MR) is 87.9 cm³/mol. The fourth-order valence-corrected chi connectivity index (χ4v) is 5.34. The van der Waals surface area contributed by atoms with Crippen molar-refractivity contribution in [2.45, 2.75) is 83.3 Å². The molecule has 3 N–H and O–H groups in total. The summed E-state index contributed by atoms with van der Waals surface area (Å²) >= 11 is 0. The van der Waals surface area contributed by atoms with Crippen molar-refractivity contribution >= 4 is 0 Å². The first-order valence-electron chi connectivity index (χ1n) is 9.26. The molecule has 0 aromatic carbocycles. The van der Waals surface area contributed by atoms with Crippen LogP contribution in [0.1, 0.15) is 71.1 Å². The van der Waals surface area contributed by atoms with Gasteiger partial charge < -0.3 is 10.8 Å². The smallest absolute Gasteiger partial charge is 0.0679 e. The molecule has 2 nitrogen and oxygen atoms in total. The summed E-state index contributed by atoms with van der Waals surface area (Å²) in [6, 6.07) is 0.0236. The Morgan fingerprint density at radius 2 is 1.48 bits per heavy atom. The minimum Gasteiger partial charge on any atom is -0.392 e. The number of rotatable bonds is 2. The summed E-state index contributed by atoms with van der Waals surface area (Å²) in [7, 11) is 0. The summed E-state index contributed by atoms with van der Waals surface area (Å²) in [5.41, 5.74) is 6.37. The molecule has 120 valence electrons. The Balaban J connectivity index is 1.80. The van der Waals surface area contributed by atoms with E-state index in [1.807, 2.05) is 0 Å². The Kier molecular flexibility index (Phi) is 4.75. The fourth-order valence-electron chi connectivity index (χ4n) is 5.34. The van der Waals surface area contributed by atoms with Gasteiger partial charge in [0.25, 0.3) is 0 Å². The molecule has 3 rings (SSSR count). The molecule has 0 aromatic heterocycles. The molecular weight excluding hydrogens is 258 g/mol. The van der Waals surface area contributed by atoms with Crippen LogP contribution >= 0.6 is 0 Å². The monoisotopic (exact) mass is 291 g/mol. The second-order valence-corrected chi connectivity index (χ2v) is 8.03. The topological polar surface area (TPSA) is 46.2 Å². The molecule has 21 heavy (non-hydrogen) atoms. The van der Waals surface area contributed by atoms with Crippen LogP contribution in [0.25, 0.3) is 0 Å². The largest absolute Gasteiger partial charge is 0.392 e. The minimum absolute atomic E-state index is 0.0236. The molecule has 2 fully saturated rings. The van der Waals surface area contributed by atoms with Crippen LogP contribution in [0.4, 0.5) is 0 Å². The van der Waals surface area contributed by atoms with Gasteiger partial charge >= 0.3 is 0 Å². The van der Waals surface area contributed by atoms with Gasteiger partial charge in [0.15, 0.2) is 0 Å². The third kappa shape index (κ3) is 2.82. The Labute approximate surface area is 130 Å². The molecule has 0 heterocycles. The van der Waals surface area contributed by atoms with Gasteiger partial charge in [0.1, 0.15) is 0 Å².